The predicted molar refractivity (Wildman–Crippen MR) is 145 cm³/mol. The number of carbonyl (C=O) groups is 1. The van der Waals surface area contributed by atoms with E-state index in [1.807, 2.05) is 39.1 Å². The molecule has 8 nitrogen and oxygen atoms in total. The van der Waals surface area contributed by atoms with E-state index in [9.17, 15) is 4.79 Å². The Morgan fingerprint density at radius 2 is 2.00 bits per heavy atom. The van der Waals surface area contributed by atoms with Crippen molar-refractivity contribution in [2.24, 2.45) is 5.41 Å². The monoisotopic (exact) mass is 520 g/mol. The first-order chi connectivity index (χ1) is 18.2. The summed E-state index contributed by atoms with van der Waals surface area (Å²) in [5.41, 5.74) is 4.33. The minimum Gasteiger partial charge on any atom is -0.489 e. The average Bonchev–Trinajstić information content (AvgIpc) is 3.30. The maximum atomic E-state index is 12.8. The molecule has 2 heterocycles. The largest absolute Gasteiger partial charge is 0.489 e. The third-order valence-corrected chi connectivity index (χ3v) is 7.32. The van der Waals surface area contributed by atoms with Gasteiger partial charge >= 0.3 is 5.97 Å². The van der Waals surface area contributed by atoms with E-state index in [0.717, 1.165) is 49.6 Å². The quantitative estimate of drug-likeness (QED) is 0.339. The van der Waals surface area contributed by atoms with Gasteiger partial charge in [-0.3, -0.25) is 14.4 Å². The lowest BCUT2D eigenvalue weighted by atomic mass is 9.81. The summed E-state index contributed by atoms with van der Waals surface area (Å²) in [7, 11) is 1.41. The Balaban J connectivity index is 1.62. The number of esters is 1. The highest BCUT2D eigenvalue weighted by Gasteiger charge is 2.40. The average molecular weight is 521 g/mol. The summed E-state index contributed by atoms with van der Waals surface area (Å²) in [4.78, 5) is 15.3. The molecule has 38 heavy (non-hydrogen) atoms. The number of nitrogens with zero attached hydrogens (tertiary/aromatic N) is 4. The molecule has 2 aromatic carbocycles. The van der Waals surface area contributed by atoms with Crippen LogP contribution in [0.25, 0.3) is 0 Å². The number of para-hydroxylation sites is 1. The van der Waals surface area contributed by atoms with Gasteiger partial charge in [-0.1, -0.05) is 48.5 Å². The number of methoxy groups -OCH3 is 1. The number of carbonyl (C=O) groups excluding carboxylic acids is 1. The number of aryl methyl sites for hydroxylation is 2. The van der Waals surface area contributed by atoms with Crippen molar-refractivity contribution in [1.82, 2.24) is 19.9 Å². The zero-order valence-electron chi connectivity index (χ0n) is 23.4. The van der Waals surface area contributed by atoms with Crippen LogP contribution in [-0.4, -0.2) is 45.6 Å². The first-order valence-corrected chi connectivity index (χ1v) is 13.4. The zero-order chi connectivity index (χ0) is 27.3. The summed E-state index contributed by atoms with van der Waals surface area (Å²) in [6.45, 7) is 13.4. The van der Waals surface area contributed by atoms with Crippen molar-refractivity contribution >= 4 is 5.97 Å². The van der Waals surface area contributed by atoms with Crippen molar-refractivity contribution in [3.8, 4) is 5.75 Å². The molecule has 1 aromatic heterocycles. The molecule has 4 rings (SSSR count). The second-order valence-electron chi connectivity index (χ2n) is 10.6. The number of fused-ring (bicyclic) bond motifs is 1. The Bertz CT molecular complexity index is 1240. The van der Waals surface area contributed by atoms with E-state index in [1.54, 1.807) is 4.68 Å². The van der Waals surface area contributed by atoms with Crippen molar-refractivity contribution < 1.29 is 19.0 Å². The summed E-state index contributed by atoms with van der Waals surface area (Å²) in [6, 6.07) is 14.6. The number of hydrogen-bond donors (Lipinski definition) is 0. The topological polar surface area (TPSA) is 78.7 Å². The van der Waals surface area contributed by atoms with E-state index >= 15 is 0 Å². The molecule has 0 fully saturated rings. The fourth-order valence-electron chi connectivity index (χ4n) is 4.98. The normalized spacial score (nSPS) is 16.8. The van der Waals surface area contributed by atoms with Crippen molar-refractivity contribution in [1.29, 1.82) is 0 Å². The lowest BCUT2D eigenvalue weighted by Gasteiger charge is -2.32. The van der Waals surface area contributed by atoms with Gasteiger partial charge in [0, 0.05) is 31.7 Å². The molecule has 0 aliphatic carbocycles. The highest BCUT2D eigenvalue weighted by Crippen LogP contribution is 2.39. The standard InChI is InChI=1S/C30H40N4O4/c1-7-26-19-33(16-23-11-9-10-12-27(23)38-26)17-24-15-22(14-13-21(24)3)28(30(4,5)29(35)36-6)37-20-25-18-34(8-2)32-31-25/h9-15,18,26,28H,7-8,16-17,19-20H2,1-6H3/t26-,28+/m1/s1. The Morgan fingerprint density at radius 3 is 2.71 bits per heavy atom. The van der Waals surface area contributed by atoms with Crippen LogP contribution in [0.1, 0.15) is 68.2 Å². The maximum Gasteiger partial charge on any atom is 0.314 e. The summed E-state index contributed by atoms with van der Waals surface area (Å²) < 4.78 is 19.6. The molecule has 8 heteroatoms. The molecule has 0 saturated carbocycles. The number of benzene rings is 2. The second kappa shape index (κ2) is 12.1. The predicted octanol–water partition coefficient (Wildman–Crippen LogP) is 5.24. The lowest BCUT2D eigenvalue weighted by molar-refractivity contribution is -0.162. The fraction of sp³-hybridized carbons (Fsp3) is 0.500. The van der Waals surface area contributed by atoms with Crippen molar-refractivity contribution in [2.75, 3.05) is 13.7 Å². The second-order valence-corrected chi connectivity index (χ2v) is 10.6. The first-order valence-electron chi connectivity index (χ1n) is 13.4. The number of aromatic nitrogens is 3. The lowest BCUT2D eigenvalue weighted by Crippen LogP contribution is -2.34. The molecule has 0 unspecified atom stereocenters. The fourth-order valence-corrected chi connectivity index (χ4v) is 4.98. The van der Waals surface area contributed by atoms with Gasteiger partial charge in [0.15, 0.2) is 0 Å². The number of rotatable bonds is 10. The number of hydrogen-bond acceptors (Lipinski definition) is 7. The molecule has 0 amide bonds. The van der Waals surface area contributed by atoms with E-state index in [-0.39, 0.29) is 18.7 Å². The Hall–Kier alpha value is -3.23. The summed E-state index contributed by atoms with van der Waals surface area (Å²) >= 11 is 0. The Morgan fingerprint density at radius 1 is 1.21 bits per heavy atom. The van der Waals surface area contributed by atoms with E-state index in [2.05, 4.69) is 59.4 Å². The van der Waals surface area contributed by atoms with Crippen LogP contribution in [0.5, 0.6) is 5.75 Å². The van der Waals surface area contributed by atoms with Crippen LogP contribution in [-0.2, 0) is 40.5 Å². The van der Waals surface area contributed by atoms with Gasteiger partial charge < -0.3 is 14.2 Å². The third kappa shape index (κ3) is 6.25. The Labute approximate surface area is 225 Å². The molecule has 3 aromatic rings. The molecule has 1 aliphatic heterocycles. The molecular weight excluding hydrogens is 480 g/mol. The molecule has 2 atom stereocenters. The molecule has 1 aliphatic rings. The van der Waals surface area contributed by atoms with Crippen LogP contribution in [0.3, 0.4) is 0 Å². The van der Waals surface area contributed by atoms with Crippen LogP contribution in [0, 0.1) is 12.3 Å². The van der Waals surface area contributed by atoms with Gasteiger partial charge in [0.1, 0.15) is 17.5 Å². The summed E-state index contributed by atoms with van der Waals surface area (Å²) in [6.07, 6.45) is 2.41. The van der Waals surface area contributed by atoms with E-state index in [0.29, 0.717) is 0 Å². The molecular formula is C30H40N4O4. The third-order valence-electron chi connectivity index (χ3n) is 7.32. The SMILES string of the molecule is CC[C@@H]1CN(Cc2cc([C@H](OCc3cn(CC)nn3)C(C)(C)C(=O)OC)ccc2C)Cc2ccccc2O1. The summed E-state index contributed by atoms with van der Waals surface area (Å²) in [5, 5.41) is 8.31. The van der Waals surface area contributed by atoms with Gasteiger partial charge in [0.05, 0.1) is 31.4 Å². The molecule has 0 N–H and O–H groups in total. The molecule has 0 bridgehead atoms. The van der Waals surface area contributed by atoms with Crippen LogP contribution >= 0.6 is 0 Å². The first kappa shape index (κ1) is 27.8. The van der Waals surface area contributed by atoms with Crippen LogP contribution in [0.2, 0.25) is 0 Å². The minimum absolute atomic E-state index is 0.132. The van der Waals surface area contributed by atoms with Gasteiger partial charge in [-0.05, 0) is 56.9 Å². The van der Waals surface area contributed by atoms with Gasteiger partial charge in [-0.15, -0.1) is 5.10 Å². The molecule has 0 saturated heterocycles. The van der Waals surface area contributed by atoms with Gasteiger partial charge in [0.2, 0.25) is 0 Å². The van der Waals surface area contributed by atoms with Crippen molar-refractivity contribution in [3.05, 3.63) is 76.6 Å². The Kier molecular flexibility index (Phi) is 8.84. The van der Waals surface area contributed by atoms with Crippen LogP contribution in [0.4, 0.5) is 0 Å². The van der Waals surface area contributed by atoms with E-state index in [1.165, 1.54) is 23.8 Å². The highest BCUT2D eigenvalue weighted by molar-refractivity contribution is 5.77. The molecule has 0 radical (unpaired) electrons. The smallest absolute Gasteiger partial charge is 0.314 e. The van der Waals surface area contributed by atoms with Gasteiger partial charge in [-0.2, -0.15) is 0 Å². The van der Waals surface area contributed by atoms with E-state index in [4.69, 9.17) is 14.2 Å². The highest BCUT2D eigenvalue weighted by atomic mass is 16.5. The van der Waals surface area contributed by atoms with Crippen LogP contribution in [0.15, 0.2) is 48.7 Å². The zero-order valence-corrected chi connectivity index (χ0v) is 23.4. The van der Waals surface area contributed by atoms with E-state index < -0.39 is 11.5 Å². The molecule has 0 spiro atoms. The maximum absolute atomic E-state index is 12.8. The van der Waals surface area contributed by atoms with Crippen LogP contribution < -0.4 is 4.74 Å². The van der Waals surface area contributed by atoms with Gasteiger partial charge in [0.25, 0.3) is 0 Å². The van der Waals surface area contributed by atoms with Crippen molar-refractivity contribution in [2.45, 2.75) is 79.5 Å². The van der Waals surface area contributed by atoms with Gasteiger partial charge in [-0.25, -0.2) is 0 Å². The number of ether oxygens (including phenoxy) is 3. The minimum atomic E-state index is -0.912. The summed E-state index contributed by atoms with van der Waals surface area (Å²) in [5.74, 6) is 0.648. The molecule has 204 valence electrons. The van der Waals surface area contributed by atoms with Crippen molar-refractivity contribution in [3.63, 3.8) is 0 Å².